The van der Waals surface area contributed by atoms with Gasteiger partial charge in [0.2, 0.25) is 0 Å². The van der Waals surface area contributed by atoms with E-state index < -0.39 is 21.6 Å². The van der Waals surface area contributed by atoms with E-state index in [1.165, 1.54) is 37.1 Å². The first-order valence-corrected chi connectivity index (χ1v) is 11.5. The lowest BCUT2D eigenvalue weighted by Crippen LogP contribution is -2.20. The molecule has 8 heteroatoms. The fourth-order valence-corrected chi connectivity index (χ4v) is 4.58. The number of carbonyl (C=O) groups is 1. The predicted molar refractivity (Wildman–Crippen MR) is 109 cm³/mol. The third-order valence-electron chi connectivity index (χ3n) is 5.34. The second kappa shape index (κ2) is 7.59. The van der Waals surface area contributed by atoms with Gasteiger partial charge in [0, 0.05) is 29.9 Å². The van der Waals surface area contributed by atoms with Gasteiger partial charge in [0.1, 0.15) is 11.5 Å². The average Bonchev–Trinajstić information content (AvgIpc) is 3.28. The molecule has 1 saturated carbocycles. The van der Waals surface area contributed by atoms with Crippen molar-refractivity contribution in [3.8, 4) is 0 Å². The van der Waals surface area contributed by atoms with Crippen LogP contribution >= 0.6 is 0 Å². The summed E-state index contributed by atoms with van der Waals surface area (Å²) in [5.74, 6) is -0.368. The average molecular weight is 415 g/mol. The van der Waals surface area contributed by atoms with Gasteiger partial charge in [0.25, 0.3) is 5.91 Å². The molecule has 0 unspecified atom stereocenters. The highest BCUT2D eigenvalue weighted by Crippen LogP contribution is 2.29. The van der Waals surface area contributed by atoms with Gasteiger partial charge in [-0.1, -0.05) is 18.9 Å². The summed E-state index contributed by atoms with van der Waals surface area (Å²) in [6.45, 7) is 0.600. The summed E-state index contributed by atoms with van der Waals surface area (Å²) in [7, 11) is -3.39. The Kier molecular flexibility index (Phi) is 5.12. The monoisotopic (exact) mass is 415 g/mol. The summed E-state index contributed by atoms with van der Waals surface area (Å²) in [6, 6.07) is 10.3. The number of carbonyl (C=O) groups excluding carboxylic acids is 1. The SMILES string of the molecule is CS(=O)(=O)c1cccc(NC(=O)c2c3ccc(F)cc3nn2CC2CCCC2)c1. The van der Waals surface area contributed by atoms with Crippen LogP contribution in [0.1, 0.15) is 36.2 Å². The molecule has 0 saturated heterocycles. The molecule has 29 heavy (non-hydrogen) atoms. The molecule has 1 aliphatic carbocycles. The van der Waals surface area contributed by atoms with Crippen molar-refractivity contribution < 1.29 is 17.6 Å². The number of benzene rings is 2. The number of amides is 1. The smallest absolute Gasteiger partial charge is 0.274 e. The largest absolute Gasteiger partial charge is 0.321 e. The Morgan fingerprint density at radius 1 is 1.21 bits per heavy atom. The first-order valence-electron chi connectivity index (χ1n) is 9.59. The Labute approximate surface area is 168 Å². The van der Waals surface area contributed by atoms with Crippen molar-refractivity contribution in [1.82, 2.24) is 9.78 Å². The molecule has 1 aliphatic rings. The van der Waals surface area contributed by atoms with Crippen molar-refractivity contribution in [3.05, 3.63) is 54.0 Å². The molecular formula is C21H22FN3O3S. The van der Waals surface area contributed by atoms with E-state index in [1.54, 1.807) is 22.9 Å². The van der Waals surface area contributed by atoms with Crippen LogP contribution in [0.5, 0.6) is 0 Å². The molecule has 0 atom stereocenters. The van der Waals surface area contributed by atoms with Gasteiger partial charge >= 0.3 is 0 Å². The van der Waals surface area contributed by atoms with E-state index in [0.29, 0.717) is 34.7 Å². The van der Waals surface area contributed by atoms with Gasteiger partial charge in [-0.05, 0) is 49.1 Å². The zero-order valence-corrected chi connectivity index (χ0v) is 16.9. The van der Waals surface area contributed by atoms with Gasteiger partial charge in [-0.25, -0.2) is 12.8 Å². The molecular weight excluding hydrogens is 393 g/mol. The number of hydrogen-bond donors (Lipinski definition) is 1. The van der Waals surface area contributed by atoms with Crippen molar-refractivity contribution in [1.29, 1.82) is 0 Å². The summed E-state index contributed by atoms with van der Waals surface area (Å²) in [5.41, 5.74) is 1.16. The van der Waals surface area contributed by atoms with E-state index in [0.717, 1.165) is 19.1 Å². The van der Waals surface area contributed by atoms with Gasteiger partial charge in [-0.2, -0.15) is 5.10 Å². The minimum absolute atomic E-state index is 0.127. The van der Waals surface area contributed by atoms with Crippen LogP contribution in [-0.2, 0) is 16.4 Å². The molecule has 1 amide bonds. The Balaban J connectivity index is 1.70. The second-order valence-electron chi connectivity index (χ2n) is 7.60. The number of aromatic nitrogens is 2. The van der Waals surface area contributed by atoms with Crippen LogP contribution in [0, 0.1) is 11.7 Å². The third-order valence-corrected chi connectivity index (χ3v) is 6.45. The van der Waals surface area contributed by atoms with Crippen LogP contribution in [0.4, 0.5) is 10.1 Å². The van der Waals surface area contributed by atoms with Gasteiger partial charge < -0.3 is 5.32 Å². The van der Waals surface area contributed by atoms with Gasteiger partial charge in [0.05, 0.1) is 10.4 Å². The summed E-state index contributed by atoms with van der Waals surface area (Å²) < 4.78 is 38.9. The van der Waals surface area contributed by atoms with Crippen molar-refractivity contribution in [2.45, 2.75) is 37.1 Å². The molecule has 0 radical (unpaired) electrons. The Morgan fingerprint density at radius 2 is 1.97 bits per heavy atom. The summed E-state index contributed by atoms with van der Waals surface area (Å²) in [6.07, 6.45) is 5.62. The highest BCUT2D eigenvalue weighted by Gasteiger charge is 2.23. The van der Waals surface area contributed by atoms with Crippen LogP contribution in [0.3, 0.4) is 0 Å². The quantitative estimate of drug-likeness (QED) is 0.682. The lowest BCUT2D eigenvalue weighted by atomic mass is 10.1. The molecule has 0 aliphatic heterocycles. The van der Waals surface area contributed by atoms with E-state index in [1.807, 2.05) is 0 Å². The maximum Gasteiger partial charge on any atom is 0.274 e. The van der Waals surface area contributed by atoms with Crippen LogP contribution in [0.2, 0.25) is 0 Å². The first kappa shape index (κ1) is 19.6. The van der Waals surface area contributed by atoms with E-state index in [2.05, 4.69) is 10.4 Å². The number of nitrogens with zero attached hydrogens (tertiary/aromatic N) is 2. The fraction of sp³-hybridized carbons (Fsp3) is 0.333. The van der Waals surface area contributed by atoms with Crippen molar-refractivity contribution >= 4 is 32.3 Å². The van der Waals surface area contributed by atoms with Gasteiger partial charge in [0.15, 0.2) is 9.84 Å². The highest BCUT2D eigenvalue weighted by molar-refractivity contribution is 7.90. The van der Waals surface area contributed by atoms with Crippen molar-refractivity contribution in [2.75, 3.05) is 11.6 Å². The number of halogens is 1. The van der Waals surface area contributed by atoms with Crippen LogP contribution < -0.4 is 5.32 Å². The zero-order chi connectivity index (χ0) is 20.6. The van der Waals surface area contributed by atoms with E-state index in [9.17, 15) is 17.6 Å². The fourth-order valence-electron chi connectivity index (χ4n) is 3.91. The molecule has 3 aromatic rings. The molecule has 0 spiro atoms. The number of fused-ring (bicyclic) bond motifs is 1. The van der Waals surface area contributed by atoms with Crippen molar-refractivity contribution in [3.63, 3.8) is 0 Å². The summed E-state index contributed by atoms with van der Waals surface area (Å²) in [4.78, 5) is 13.2. The molecule has 1 N–H and O–H groups in total. The highest BCUT2D eigenvalue weighted by atomic mass is 32.2. The zero-order valence-electron chi connectivity index (χ0n) is 16.1. The number of anilines is 1. The van der Waals surface area contributed by atoms with Gasteiger partial charge in [-0.3, -0.25) is 9.48 Å². The standard InChI is InChI=1S/C21H22FN3O3S/c1-29(27,28)17-8-4-7-16(12-17)23-21(26)20-18-10-9-15(22)11-19(18)24-25(20)13-14-5-2-3-6-14/h4,7-12,14H,2-3,5-6,13H2,1H3,(H,23,26). The molecule has 0 bridgehead atoms. The topological polar surface area (TPSA) is 81.1 Å². The van der Waals surface area contributed by atoms with Crippen LogP contribution in [-0.4, -0.2) is 30.4 Å². The lowest BCUT2D eigenvalue weighted by Gasteiger charge is -2.13. The van der Waals surface area contributed by atoms with Gasteiger partial charge in [-0.15, -0.1) is 0 Å². The Bertz CT molecular complexity index is 1180. The molecule has 6 nitrogen and oxygen atoms in total. The van der Waals surface area contributed by atoms with Crippen LogP contribution in [0.15, 0.2) is 47.4 Å². The molecule has 1 aromatic heterocycles. The normalized spacial score (nSPS) is 15.1. The maximum atomic E-state index is 13.7. The maximum absolute atomic E-state index is 13.7. The molecule has 1 heterocycles. The molecule has 1 fully saturated rings. The lowest BCUT2D eigenvalue weighted by molar-refractivity contribution is 0.101. The predicted octanol–water partition coefficient (Wildman–Crippen LogP) is 4.02. The molecule has 2 aromatic carbocycles. The first-order chi connectivity index (χ1) is 13.8. The number of nitrogens with one attached hydrogen (secondary N) is 1. The van der Waals surface area contributed by atoms with E-state index in [-0.39, 0.29) is 4.90 Å². The second-order valence-corrected chi connectivity index (χ2v) is 9.61. The Morgan fingerprint density at radius 3 is 2.69 bits per heavy atom. The van der Waals surface area contributed by atoms with E-state index in [4.69, 9.17) is 0 Å². The molecule has 4 rings (SSSR count). The summed E-state index contributed by atoms with van der Waals surface area (Å²) >= 11 is 0. The van der Waals surface area contributed by atoms with Crippen molar-refractivity contribution in [2.24, 2.45) is 5.92 Å². The number of hydrogen-bond acceptors (Lipinski definition) is 4. The Hall–Kier alpha value is -2.74. The van der Waals surface area contributed by atoms with E-state index >= 15 is 0 Å². The minimum atomic E-state index is -3.39. The van der Waals surface area contributed by atoms with Crippen LogP contribution in [0.25, 0.3) is 10.9 Å². The number of sulfone groups is 1. The summed E-state index contributed by atoms with van der Waals surface area (Å²) in [5, 5.41) is 7.82. The minimum Gasteiger partial charge on any atom is -0.321 e. The number of rotatable bonds is 5. The third kappa shape index (κ3) is 4.17. The molecule has 152 valence electrons.